The summed E-state index contributed by atoms with van der Waals surface area (Å²) in [4.78, 5) is 29.0. The maximum absolute atomic E-state index is 12.7. The van der Waals surface area contributed by atoms with E-state index in [1.807, 2.05) is 19.1 Å². The fraction of sp³-hybridized carbons (Fsp3) is 0.312. The summed E-state index contributed by atoms with van der Waals surface area (Å²) in [7, 11) is 0. The minimum atomic E-state index is -1.13. The molecule has 0 aliphatic carbocycles. The summed E-state index contributed by atoms with van der Waals surface area (Å²) in [6.45, 7) is 3.08. The Kier molecular flexibility index (Phi) is 4.12. The fourth-order valence-corrected chi connectivity index (χ4v) is 2.53. The second-order valence-corrected chi connectivity index (χ2v) is 5.27. The maximum Gasteiger partial charge on any atom is 0.354 e. The number of aryl methyl sites for hydroxylation is 1. The Morgan fingerprint density at radius 1 is 1.30 bits per heavy atom. The van der Waals surface area contributed by atoms with Gasteiger partial charge in [0.15, 0.2) is 0 Å². The largest absolute Gasteiger partial charge is 0.477 e. The van der Waals surface area contributed by atoms with E-state index in [9.17, 15) is 9.59 Å². The lowest BCUT2D eigenvalue weighted by molar-refractivity contribution is -0.00897. The summed E-state index contributed by atoms with van der Waals surface area (Å²) in [5.74, 6) is 0.0900. The predicted octanol–water partition coefficient (Wildman–Crippen LogP) is 1.89. The van der Waals surface area contributed by atoms with Crippen LogP contribution in [0.25, 0.3) is 0 Å². The summed E-state index contributed by atoms with van der Waals surface area (Å²) in [6, 6.07) is 6.17. The Balaban J connectivity index is 1.85. The van der Waals surface area contributed by atoms with Gasteiger partial charge in [-0.2, -0.15) is 0 Å². The van der Waals surface area contributed by atoms with E-state index in [0.717, 1.165) is 5.76 Å². The Hall–Kier alpha value is -2.67. The summed E-state index contributed by atoms with van der Waals surface area (Å²) in [6.07, 6.45) is 1.28. The van der Waals surface area contributed by atoms with Crippen LogP contribution in [0.4, 0.5) is 0 Å². The van der Waals surface area contributed by atoms with Gasteiger partial charge in [0, 0.05) is 12.7 Å². The SMILES string of the molecule is Cc1ccc([C@H]2COCCN2C(=O)c2ccc(C(=O)O)nc2)o1. The van der Waals surface area contributed by atoms with Gasteiger partial charge in [-0.3, -0.25) is 4.79 Å². The van der Waals surface area contributed by atoms with E-state index in [0.29, 0.717) is 31.1 Å². The minimum Gasteiger partial charge on any atom is -0.477 e. The van der Waals surface area contributed by atoms with Crippen LogP contribution in [-0.4, -0.2) is 46.6 Å². The number of hydrogen-bond acceptors (Lipinski definition) is 5. The van der Waals surface area contributed by atoms with Crippen molar-refractivity contribution in [1.29, 1.82) is 0 Å². The smallest absolute Gasteiger partial charge is 0.354 e. The Morgan fingerprint density at radius 3 is 2.74 bits per heavy atom. The molecule has 1 saturated heterocycles. The lowest BCUT2D eigenvalue weighted by atomic mass is 10.1. The summed E-state index contributed by atoms with van der Waals surface area (Å²) < 4.78 is 11.1. The molecule has 2 aromatic heterocycles. The lowest BCUT2D eigenvalue weighted by Gasteiger charge is -2.34. The third-order valence-corrected chi connectivity index (χ3v) is 3.71. The molecule has 0 saturated carbocycles. The summed E-state index contributed by atoms with van der Waals surface area (Å²) in [5.41, 5.74) is 0.243. The van der Waals surface area contributed by atoms with Crippen molar-refractivity contribution < 1.29 is 23.8 Å². The van der Waals surface area contributed by atoms with Crippen molar-refractivity contribution in [2.45, 2.75) is 13.0 Å². The molecule has 1 fully saturated rings. The number of aromatic carboxylic acids is 1. The van der Waals surface area contributed by atoms with Crippen LogP contribution in [0.5, 0.6) is 0 Å². The number of carboxylic acids is 1. The Morgan fingerprint density at radius 2 is 2.13 bits per heavy atom. The topological polar surface area (TPSA) is 92.9 Å². The maximum atomic E-state index is 12.7. The van der Waals surface area contributed by atoms with Crippen LogP contribution in [0.15, 0.2) is 34.9 Å². The van der Waals surface area contributed by atoms with Gasteiger partial charge in [-0.1, -0.05) is 0 Å². The van der Waals surface area contributed by atoms with Crippen molar-refractivity contribution in [2.75, 3.05) is 19.8 Å². The molecule has 3 rings (SSSR count). The molecule has 3 heterocycles. The van der Waals surface area contributed by atoms with E-state index < -0.39 is 5.97 Å². The molecular formula is C16H16N2O5. The molecule has 0 bridgehead atoms. The molecule has 7 nitrogen and oxygen atoms in total. The van der Waals surface area contributed by atoms with E-state index in [1.54, 1.807) is 4.90 Å². The number of carboxylic acid groups (broad SMARTS) is 1. The number of carbonyl (C=O) groups excluding carboxylic acids is 1. The van der Waals surface area contributed by atoms with Crippen molar-refractivity contribution in [3.8, 4) is 0 Å². The van der Waals surface area contributed by atoms with Gasteiger partial charge in [0.05, 0.1) is 18.8 Å². The Bertz CT molecular complexity index is 722. The van der Waals surface area contributed by atoms with Gasteiger partial charge in [0.25, 0.3) is 5.91 Å². The van der Waals surface area contributed by atoms with Gasteiger partial charge >= 0.3 is 5.97 Å². The molecule has 0 unspecified atom stereocenters. The molecule has 1 aliphatic rings. The van der Waals surface area contributed by atoms with Crippen LogP contribution in [0.3, 0.4) is 0 Å². The highest BCUT2D eigenvalue weighted by atomic mass is 16.5. The highest BCUT2D eigenvalue weighted by Crippen LogP contribution is 2.27. The van der Waals surface area contributed by atoms with Crippen molar-refractivity contribution in [3.05, 3.63) is 53.2 Å². The quantitative estimate of drug-likeness (QED) is 0.929. The molecule has 1 N–H and O–H groups in total. The number of ether oxygens (including phenoxy) is 1. The predicted molar refractivity (Wildman–Crippen MR) is 79.2 cm³/mol. The molecule has 1 atom stereocenters. The van der Waals surface area contributed by atoms with E-state index in [2.05, 4.69) is 4.98 Å². The Labute approximate surface area is 132 Å². The first-order valence-corrected chi connectivity index (χ1v) is 7.20. The fourth-order valence-electron chi connectivity index (χ4n) is 2.53. The molecule has 1 amide bonds. The minimum absolute atomic E-state index is 0.0956. The molecular weight excluding hydrogens is 300 g/mol. The van der Waals surface area contributed by atoms with E-state index >= 15 is 0 Å². The lowest BCUT2D eigenvalue weighted by Crippen LogP contribution is -2.43. The number of aromatic nitrogens is 1. The monoisotopic (exact) mass is 316 g/mol. The average Bonchev–Trinajstić information content (AvgIpc) is 3.00. The number of carbonyl (C=O) groups is 2. The second-order valence-electron chi connectivity index (χ2n) is 5.27. The normalized spacial score (nSPS) is 18.0. The number of rotatable bonds is 3. The molecule has 1 aliphatic heterocycles. The van der Waals surface area contributed by atoms with Crippen LogP contribution in [0.1, 0.15) is 38.4 Å². The summed E-state index contributed by atoms with van der Waals surface area (Å²) in [5, 5.41) is 8.87. The zero-order valence-electron chi connectivity index (χ0n) is 12.6. The van der Waals surface area contributed by atoms with Gasteiger partial charge < -0.3 is 19.2 Å². The number of amides is 1. The third-order valence-electron chi connectivity index (χ3n) is 3.71. The zero-order valence-corrected chi connectivity index (χ0v) is 12.6. The van der Waals surface area contributed by atoms with Gasteiger partial charge in [0.1, 0.15) is 23.3 Å². The average molecular weight is 316 g/mol. The van der Waals surface area contributed by atoms with Crippen molar-refractivity contribution >= 4 is 11.9 Å². The molecule has 0 spiro atoms. The van der Waals surface area contributed by atoms with Gasteiger partial charge in [0.2, 0.25) is 0 Å². The first-order chi connectivity index (χ1) is 11.1. The van der Waals surface area contributed by atoms with Gasteiger partial charge in [-0.15, -0.1) is 0 Å². The number of nitrogens with zero attached hydrogens (tertiary/aromatic N) is 2. The van der Waals surface area contributed by atoms with Crippen LogP contribution in [0.2, 0.25) is 0 Å². The molecule has 0 radical (unpaired) electrons. The summed E-state index contributed by atoms with van der Waals surface area (Å²) >= 11 is 0. The molecule has 120 valence electrons. The van der Waals surface area contributed by atoms with E-state index in [-0.39, 0.29) is 17.6 Å². The highest BCUT2D eigenvalue weighted by Gasteiger charge is 2.31. The number of pyridine rings is 1. The zero-order chi connectivity index (χ0) is 16.4. The van der Waals surface area contributed by atoms with Crippen molar-refractivity contribution in [3.63, 3.8) is 0 Å². The molecule has 23 heavy (non-hydrogen) atoms. The van der Waals surface area contributed by atoms with E-state index in [4.69, 9.17) is 14.3 Å². The molecule has 0 aromatic carbocycles. The molecule has 7 heteroatoms. The van der Waals surface area contributed by atoms with Gasteiger partial charge in [-0.05, 0) is 31.2 Å². The number of furan rings is 1. The van der Waals surface area contributed by atoms with Crippen molar-refractivity contribution in [1.82, 2.24) is 9.88 Å². The number of morpholine rings is 1. The van der Waals surface area contributed by atoms with Crippen molar-refractivity contribution in [2.24, 2.45) is 0 Å². The van der Waals surface area contributed by atoms with Crippen LogP contribution in [-0.2, 0) is 4.74 Å². The standard InChI is InChI=1S/C16H16N2O5/c1-10-2-5-14(23-10)13-9-22-7-6-18(13)15(19)11-3-4-12(16(20)21)17-8-11/h2-5,8,13H,6-7,9H2,1H3,(H,20,21)/t13-/m1/s1. The first-order valence-electron chi connectivity index (χ1n) is 7.20. The second kappa shape index (κ2) is 6.21. The molecule has 2 aromatic rings. The number of hydrogen-bond donors (Lipinski definition) is 1. The highest BCUT2D eigenvalue weighted by molar-refractivity contribution is 5.95. The van der Waals surface area contributed by atoms with Crippen LogP contribution >= 0.6 is 0 Å². The van der Waals surface area contributed by atoms with Gasteiger partial charge in [-0.25, -0.2) is 9.78 Å². The van der Waals surface area contributed by atoms with Crippen LogP contribution < -0.4 is 0 Å². The first kappa shape index (κ1) is 15.2. The third kappa shape index (κ3) is 3.09. The van der Waals surface area contributed by atoms with E-state index in [1.165, 1.54) is 18.3 Å². The van der Waals surface area contributed by atoms with Crippen LogP contribution in [0, 0.1) is 6.92 Å².